The Kier molecular flexibility index (Phi) is 4.76. The van der Waals surface area contributed by atoms with Gasteiger partial charge >= 0.3 is 0 Å². The molecule has 0 saturated heterocycles. The van der Waals surface area contributed by atoms with E-state index < -0.39 is 0 Å². The highest BCUT2D eigenvalue weighted by molar-refractivity contribution is 7.22. The number of hydrogen-bond acceptors (Lipinski definition) is 6. The molecular formula is C18H18N2O4S. The summed E-state index contributed by atoms with van der Waals surface area (Å²) in [5, 5.41) is 3.35. The molecule has 0 radical (unpaired) electrons. The van der Waals surface area contributed by atoms with Crippen LogP contribution in [0.3, 0.4) is 0 Å². The molecule has 0 unspecified atom stereocenters. The van der Waals surface area contributed by atoms with E-state index in [0.29, 0.717) is 27.9 Å². The molecule has 1 aromatic heterocycles. The average molecular weight is 358 g/mol. The van der Waals surface area contributed by atoms with Crippen molar-refractivity contribution in [2.75, 3.05) is 26.6 Å². The number of aromatic nitrogens is 1. The second kappa shape index (κ2) is 6.98. The zero-order valence-corrected chi connectivity index (χ0v) is 15.2. The lowest BCUT2D eigenvalue weighted by molar-refractivity contribution is 0.102. The zero-order valence-electron chi connectivity index (χ0n) is 14.4. The molecule has 7 heteroatoms. The van der Waals surface area contributed by atoms with Crippen molar-refractivity contribution in [2.45, 2.75) is 6.92 Å². The number of hydrogen-bond donors (Lipinski definition) is 1. The SMILES string of the molecule is COc1ccc(C(=O)Nc2nc3ccc(C)cc3s2)c(OC)c1OC. The van der Waals surface area contributed by atoms with Gasteiger partial charge in [0, 0.05) is 0 Å². The van der Waals surface area contributed by atoms with Gasteiger partial charge in [-0.3, -0.25) is 10.1 Å². The average Bonchev–Trinajstić information content (AvgIpc) is 3.01. The number of benzene rings is 2. The maximum Gasteiger partial charge on any atom is 0.261 e. The van der Waals surface area contributed by atoms with Crippen molar-refractivity contribution >= 4 is 32.6 Å². The number of anilines is 1. The van der Waals surface area contributed by atoms with Gasteiger partial charge in [0.05, 0.1) is 37.1 Å². The molecule has 3 rings (SSSR count). The summed E-state index contributed by atoms with van der Waals surface area (Å²) in [6.07, 6.45) is 0. The highest BCUT2D eigenvalue weighted by atomic mass is 32.1. The predicted molar refractivity (Wildman–Crippen MR) is 98.4 cm³/mol. The fourth-order valence-corrected chi connectivity index (χ4v) is 3.49. The van der Waals surface area contributed by atoms with Crippen LogP contribution in [0.1, 0.15) is 15.9 Å². The minimum absolute atomic E-state index is 0.316. The fraction of sp³-hybridized carbons (Fsp3) is 0.222. The van der Waals surface area contributed by atoms with Crippen LogP contribution in [0.2, 0.25) is 0 Å². The Bertz CT molecular complexity index is 936. The van der Waals surface area contributed by atoms with E-state index >= 15 is 0 Å². The Labute approximate surface area is 149 Å². The number of nitrogens with zero attached hydrogens (tertiary/aromatic N) is 1. The van der Waals surface area contributed by atoms with Crippen molar-refractivity contribution in [3.63, 3.8) is 0 Å². The second-order valence-corrected chi connectivity index (χ2v) is 6.36. The summed E-state index contributed by atoms with van der Waals surface area (Å²) in [6, 6.07) is 9.27. The molecule has 1 N–H and O–H groups in total. The van der Waals surface area contributed by atoms with Gasteiger partial charge in [-0.2, -0.15) is 0 Å². The van der Waals surface area contributed by atoms with Crippen LogP contribution in [0.15, 0.2) is 30.3 Å². The van der Waals surface area contributed by atoms with Gasteiger partial charge in [-0.15, -0.1) is 0 Å². The van der Waals surface area contributed by atoms with Crippen molar-refractivity contribution in [3.05, 3.63) is 41.5 Å². The van der Waals surface area contributed by atoms with E-state index in [9.17, 15) is 4.79 Å². The molecular weight excluding hydrogens is 340 g/mol. The summed E-state index contributed by atoms with van der Waals surface area (Å²) in [7, 11) is 4.51. The van der Waals surface area contributed by atoms with Crippen LogP contribution in [0.4, 0.5) is 5.13 Å². The summed E-state index contributed by atoms with van der Waals surface area (Å²) in [5.41, 5.74) is 2.34. The second-order valence-electron chi connectivity index (χ2n) is 5.33. The molecule has 3 aromatic rings. The quantitative estimate of drug-likeness (QED) is 0.749. The molecule has 1 heterocycles. The largest absolute Gasteiger partial charge is 0.493 e. The first-order valence-electron chi connectivity index (χ1n) is 7.55. The highest BCUT2D eigenvalue weighted by Gasteiger charge is 2.21. The van der Waals surface area contributed by atoms with E-state index in [0.717, 1.165) is 15.8 Å². The molecule has 130 valence electrons. The van der Waals surface area contributed by atoms with Crippen LogP contribution in [-0.2, 0) is 0 Å². The van der Waals surface area contributed by atoms with Gasteiger partial charge in [0.2, 0.25) is 5.75 Å². The standard InChI is InChI=1S/C18H18N2O4S/c1-10-5-7-12-14(9-10)25-18(19-12)20-17(21)11-6-8-13(22-2)16(24-4)15(11)23-3/h5-9H,1-4H3,(H,19,20,21). The Balaban J connectivity index is 1.94. The monoisotopic (exact) mass is 358 g/mol. The van der Waals surface area contributed by atoms with Gasteiger partial charge in [-0.05, 0) is 36.8 Å². The molecule has 0 fully saturated rings. The minimum atomic E-state index is -0.325. The molecule has 0 aliphatic heterocycles. The number of ether oxygens (including phenoxy) is 3. The predicted octanol–water partition coefficient (Wildman–Crippen LogP) is 3.88. The molecule has 0 aliphatic rings. The lowest BCUT2D eigenvalue weighted by Crippen LogP contribution is -2.13. The summed E-state index contributed by atoms with van der Waals surface area (Å²) in [5.74, 6) is 0.855. The molecule has 0 aliphatic carbocycles. The first-order valence-corrected chi connectivity index (χ1v) is 8.36. The van der Waals surface area contributed by atoms with Crippen molar-refractivity contribution in [1.82, 2.24) is 4.98 Å². The number of rotatable bonds is 5. The van der Waals surface area contributed by atoms with Crippen LogP contribution in [0, 0.1) is 6.92 Å². The normalized spacial score (nSPS) is 10.6. The first-order chi connectivity index (χ1) is 12.1. The molecule has 1 amide bonds. The van der Waals surface area contributed by atoms with Crippen LogP contribution >= 0.6 is 11.3 Å². The molecule has 0 saturated carbocycles. The summed E-state index contributed by atoms with van der Waals surface area (Å²) >= 11 is 1.43. The Morgan fingerprint density at radius 2 is 1.80 bits per heavy atom. The Morgan fingerprint density at radius 3 is 2.48 bits per heavy atom. The number of amides is 1. The highest BCUT2D eigenvalue weighted by Crippen LogP contribution is 2.40. The van der Waals surface area contributed by atoms with E-state index in [4.69, 9.17) is 14.2 Å². The van der Waals surface area contributed by atoms with Gasteiger partial charge in [-0.25, -0.2) is 4.98 Å². The van der Waals surface area contributed by atoms with Crippen LogP contribution < -0.4 is 19.5 Å². The number of methoxy groups -OCH3 is 3. The third-order valence-corrected chi connectivity index (χ3v) is 4.65. The van der Waals surface area contributed by atoms with E-state index in [1.54, 1.807) is 12.1 Å². The fourth-order valence-electron chi connectivity index (χ4n) is 2.53. The maximum atomic E-state index is 12.7. The lowest BCUT2D eigenvalue weighted by atomic mass is 10.1. The van der Waals surface area contributed by atoms with Crippen LogP contribution in [-0.4, -0.2) is 32.2 Å². The van der Waals surface area contributed by atoms with Crippen molar-refractivity contribution in [2.24, 2.45) is 0 Å². The zero-order chi connectivity index (χ0) is 18.0. The molecule has 2 aromatic carbocycles. The summed E-state index contributed by atoms with van der Waals surface area (Å²) in [4.78, 5) is 17.1. The maximum absolute atomic E-state index is 12.7. The third kappa shape index (κ3) is 3.23. The van der Waals surface area contributed by atoms with Crippen LogP contribution in [0.25, 0.3) is 10.2 Å². The molecule has 0 bridgehead atoms. The van der Waals surface area contributed by atoms with Crippen molar-refractivity contribution in [3.8, 4) is 17.2 Å². The summed E-state index contributed by atoms with van der Waals surface area (Å²) < 4.78 is 16.9. The van der Waals surface area contributed by atoms with Crippen molar-refractivity contribution in [1.29, 1.82) is 0 Å². The minimum Gasteiger partial charge on any atom is -0.493 e. The number of thiazole rings is 1. The van der Waals surface area contributed by atoms with E-state index in [2.05, 4.69) is 10.3 Å². The van der Waals surface area contributed by atoms with Gasteiger partial charge < -0.3 is 14.2 Å². The number of nitrogens with one attached hydrogen (secondary N) is 1. The van der Waals surface area contributed by atoms with Gasteiger partial charge in [0.15, 0.2) is 16.6 Å². The molecule has 25 heavy (non-hydrogen) atoms. The Hall–Kier alpha value is -2.80. The smallest absolute Gasteiger partial charge is 0.261 e. The number of carbonyl (C=O) groups is 1. The number of carbonyl (C=O) groups excluding carboxylic acids is 1. The molecule has 0 atom stereocenters. The van der Waals surface area contributed by atoms with E-state index in [-0.39, 0.29) is 5.91 Å². The first kappa shape index (κ1) is 17.0. The number of aryl methyl sites for hydroxylation is 1. The summed E-state index contributed by atoms with van der Waals surface area (Å²) in [6.45, 7) is 2.02. The lowest BCUT2D eigenvalue weighted by Gasteiger charge is -2.15. The number of fused-ring (bicyclic) bond motifs is 1. The van der Waals surface area contributed by atoms with Crippen LogP contribution in [0.5, 0.6) is 17.2 Å². The topological polar surface area (TPSA) is 69.7 Å². The molecule has 6 nitrogen and oxygen atoms in total. The Morgan fingerprint density at radius 1 is 1.04 bits per heavy atom. The van der Waals surface area contributed by atoms with Crippen molar-refractivity contribution < 1.29 is 19.0 Å². The van der Waals surface area contributed by atoms with Gasteiger partial charge in [0.1, 0.15) is 0 Å². The van der Waals surface area contributed by atoms with E-state index in [1.807, 2.05) is 25.1 Å². The van der Waals surface area contributed by atoms with Gasteiger partial charge in [-0.1, -0.05) is 17.4 Å². The molecule has 0 spiro atoms. The van der Waals surface area contributed by atoms with Gasteiger partial charge in [0.25, 0.3) is 5.91 Å². The third-order valence-electron chi connectivity index (χ3n) is 3.71. The van der Waals surface area contributed by atoms with E-state index in [1.165, 1.54) is 32.7 Å².